The Morgan fingerprint density at radius 3 is 2.68 bits per heavy atom. The predicted molar refractivity (Wildman–Crippen MR) is 70.3 cm³/mol. The van der Waals surface area contributed by atoms with Gasteiger partial charge in [-0.05, 0) is 37.5 Å². The second-order valence-electron chi connectivity index (χ2n) is 5.36. The minimum absolute atomic E-state index is 0.190. The van der Waals surface area contributed by atoms with E-state index >= 15 is 0 Å². The summed E-state index contributed by atoms with van der Waals surface area (Å²) in [7, 11) is 0. The predicted octanol–water partition coefficient (Wildman–Crippen LogP) is 1.24. The van der Waals surface area contributed by atoms with E-state index in [1.807, 2.05) is 6.92 Å². The van der Waals surface area contributed by atoms with Crippen molar-refractivity contribution in [1.82, 2.24) is 4.90 Å². The van der Waals surface area contributed by atoms with Crippen molar-refractivity contribution < 1.29 is 14.3 Å². The van der Waals surface area contributed by atoms with E-state index in [0.29, 0.717) is 19.5 Å². The van der Waals surface area contributed by atoms with Crippen molar-refractivity contribution in [3.63, 3.8) is 0 Å². The Morgan fingerprint density at radius 1 is 1.53 bits per heavy atom. The summed E-state index contributed by atoms with van der Waals surface area (Å²) in [5.41, 5.74) is 5.77. The van der Waals surface area contributed by atoms with Gasteiger partial charge in [-0.1, -0.05) is 12.1 Å². The Labute approximate surface area is 112 Å². The molecule has 1 fully saturated rings. The van der Waals surface area contributed by atoms with Crippen LogP contribution in [0, 0.1) is 5.82 Å². The molecule has 2 unspecified atom stereocenters. The first-order valence-corrected chi connectivity index (χ1v) is 6.41. The van der Waals surface area contributed by atoms with Gasteiger partial charge in [0.1, 0.15) is 11.4 Å². The van der Waals surface area contributed by atoms with Crippen LogP contribution in [0.5, 0.6) is 0 Å². The van der Waals surface area contributed by atoms with Crippen LogP contribution in [0.4, 0.5) is 4.39 Å². The summed E-state index contributed by atoms with van der Waals surface area (Å²) in [6, 6.07) is 6.59. The van der Waals surface area contributed by atoms with Crippen molar-refractivity contribution in [3.05, 3.63) is 35.6 Å². The van der Waals surface area contributed by atoms with Gasteiger partial charge in [-0.15, -0.1) is 0 Å². The number of benzene rings is 1. The van der Waals surface area contributed by atoms with E-state index in [4.69, 9.17) is 10.8 Å². The fraction of sp³-hybridized carbons (Fsp3) is 0.500. The smallest absolute Gasteiger partial charge is 0.325 e. The summed E-state index contributed by atoms with van der Waals surface area (Å²) >= 11 is 0. The molecule has 0 bridgehead atoms. The van der Waals surface area contributed by atoms with E-state index in [-0.39, 0.29) is 11.9 Å². The summed E-state index contributed by atoms with van der Waals surface area (Å²) in [6.07, 6.45) is 1.23. The normalized spacial score (nSPS) is 25.4. The van der Waals surface area contributed by atoms with Crippen LogP contribution in [0.1, 0.15) is 18.9 Å². The molecule has 1 heterocycles. The lowest BCUT2D eigenvalue weighted by Gasteiger charge is -2.26. The summed E-state index contributed by atoms with van der Waals surface area (Å²) < 4.78 is 12.8. The van der Waals surface area contributed by atoms with Crippen LogP contribution < -0.4 is 5.73 Å². The number of hydrogen-bond acceptors (Lipinski definition) is 3. The number of carbonyl (C=O) groups is 1. The molecule has 2 rings (SSSR count). The van der Waals surface area contributed by atoms with Gasteiger partial charge < -0.3 is 10.8 Å². The average molecular weight is 266 g/mol. The van der Waals surface area contributed by atoms with Crippen LogP contribution in [0.2, 0.25) is 0 Å². The van der Waals surface area contributed by atoms with Gasteiger partial charge in [0.15, 0.2) is 0 Å². The Kier molecular flexibility index (Phi) is 3.87. The summed E-state index contributed by atoms with van der Waals surface area (Å²) in [5, 5.41) is 9.10. The molecule has 1 aromatic carbocycles. The lowest BCUT2D eigenvalue weighted by Crippen LogP contribution is -2.51. The second kappa shape index (κ2) is 5.27. The number of aliphatic carboxylic acids is 1. The lowest BCUT2D eigenvalue weighted by atomic mass is 10.0. The topological polar surface area (TPSA) is 66.6 Å². The number of likely N-dealkylation sites (tertiary alicyclic amines) is 1. The number of nitrogens with two attached hydrogens (primary N) is 1. The highest BCUT2D eigenvalue weighted by Crippen LogP contribution is 2.22. The van der Waals surface area contributed by atoms with Gasteiger partial charge in [0.2, 0.25) is 0 Å². The molecule has 1 aliphatic rings. The fourth-order valence-corrected chi connectivity index (χ4v) is 2.51. The maximum absolute atomic E-state index is 12.8. The first-order chi connectivity index (χ1) is 8.90. The van der Waals surface area contributed by atoms with E-state index in [9.17, 15) is 9.18 Å². The molecule has 2 atom stereocenters. The van der Waals surface area contributed by atoms with Crippen LogP contribution >= 0.6 is 0 Å². The summed E-state index contributed by atoms with van der Waals surface area (Å²) in [4.78, 5) is 13.2. The molecule has 1 aromatic rings. The minimum atomic E-state index is -1.13. The third-order valence-corrected chi connectivity index (χ3v) is 3.82. The van der Waals surface area contributed by atoms with Gasteiger partial charge in [0.25, 0.3) is 0 Å². The maximum atomic E-state index is 12.8. The monoisotopic (exact) mass is 266 g/mol. The zero-order chi connectivity index (χ0) is 14.0. The summed E-state index contributed by atoms with van der Waals surface area (Å²) in [5.74, 6) is -1.19. The maximum Gasteiger partial charge on any atom is 0.325 e. The molecule has 1 saturated heterocycles. The number of rotatable bonds is 4. The molecule has 0 radical (unpaired) electrons. The highest BCUT2D eigenvalue weighted by atomic mass is 19.1. The quantitative estimate of drug-likeness (QED) is 0.860. The highest BCUT2D eigenvalue weighted by molar-refractivity contribution is 5.79. The Hall–Kier alpha value is -1.46. The third kappa shape index (κ3) is 3.11. The van der Waals surface area contributed by atoms with Gasteiger partial charge >= 0.3 is 5.97 Å². The molecular formula is C14H19FN2O2. The molecule has 5 heteroatoms. The largest absolute Gasteiger partial charge is 0.480 e. The fourth-order valence-electron chi connectivity index (χ4n) is 2.51. The van der Waals surface area contributed by atoms with Crippen LogP contribution in [-0.2, 0) is 11.2 Å². The number of nitrogens with zero attached hydrogens (tertiary/aromatic N) is 1. The molecule has 0 aromatic heterocycles. The van der Waals surface area contributed by atoms with Crippen LogP contribution in [0.3, 0.4) is 0 Å². The first kappa shape index (κ1) is 14.0. The third-order valence-electron chi connectivity index (χ3n) is 3.82. The molecule has 4 nitrogen and oxygen atoms in total. The summed E-state index contributed by atoms with van der Waals surface area (Å²) in [6.45, 7) is 3.09. The molecule has 0 saturated carbocycles. The van der Waals surface area contributed by atoms with Crippen molar-refractivity contribution in [1.29, 1.82) is 0 Å². The molecule has 0 spiro atoms. The zero-order valence-electron chi connectivity index (χ0n) is 11.0. The van der Waals surface area contributed by atoms with Gasteiger partial charge in [0, 0.05) is 19.1 Å². The molecule has 0 amide bonds. The standard InChI is InChI=1S/C14H19FN2O2/c1-10(8-11-2-4-12(15)5-3-11)17-7-6-14(16,9-17)13(18)19/h2-5,10H,6-9,16H2,1H3,(H,18,19). The molecule has 104 valence electrons. The number of halogens is 1. The van der Waals surface area contributed by atoms with Crippen molar-refractivity contribution >= 4 is 5.97 Å². The number of carboxylic acids is 1. The lowest BCUT2D eigenvalue weighted by molar-refractivity contribution is -0.142. The van der Waals surface area contributed by atoms with Gasteiger partial charge in [-0.3, -0.25) is 9.69 Å². The van der Waals surface area contributed by atoms with Crippen LogP contribution in [0.25, 0.3) is 0 Å². The van der Waals surface area contributed by atoms with E-state index in [1.54, 1.807) is 12.1 Å². The number of hydrogen-bond donors (Lipinski definition) is 2. The van der Waals surface area contributed by atoms with Crippen molar-refractivity contribution in [2.24, 2.45) is 5.73 Å². The van der Waals surface area contributed by atoms with Crippen LogP contribution in [-0.4, -0.2) is 40.6 Å². The Bertz CT molecular complexity index is 463. The van der Waals surface area contributed by atoms with E-state index in [1.165, 1.54) is 12.1 Å². The highest BCUT2D eigenvalue weighted by Gasteiger charge is 2.42. The van der Waals surface area contributed by atoms with Crippen molar-refractivity contribution in [2.45, 2.75) is 31.3 Å². The minimum Gasteiger partial charge on any atom is -0.480 e. The Balaban J connectivity index is 1.96. The second-order valence-corrected chi connectivity index (χ2v) is 5.36. The van der Waals surface area contributed by atoms with Gasteiger partial charge in [-0.25, -0.2) is 4.39 Å². The molecule has 1 aliphatic heterocycles. The average Bonchev–Trinajstić information content (AvgIpc) is 2.76. The van der Waals surface area contributed by atoms with E-state index in [2.05, 4.69) is 4.90 Å². The molecular weight excluding hydrogens is 247 g/mol. The van der Waals surface area contributed by atoms with Gasteiger partial charge in [-0.2, -0.15) is 0 Å². The van der Waals surface area contributed by atoms with Crippen molar-refractivity contribution in [3.8, 4) is 0 Å². The SMILES string of the molecule is CC(Cc1ccc(F)cc1)N1CCC(N)(C(=O)O)C1. The van der Waals surface area contributed by atoms with Gasteiger partial charge in [0.05, 0.1) is 0 Å². The number of carboxylic acid groups (broad SMARTS) is 1. The Morgan fingerprint density at radius 2 is 2.16 bits per heavy atom. The van der Waals surface area contributed by atoms with Crippen molar-refractivity contribution in [2.75, 3.05) is 13.1 Å². The van der Waals surface area contributed by atoms with E-state index < -0.39 is 11.5 Å². The first-order valence-electron chi connectivity index (χ1n) is 6.41. The molecule has 3 N–H and O–H groups in total. The zero-order valence-corrected chi connectivity index (χ0v) is 11.0. The molecule has 19 heavy (non-hydrogen) atoms. The van der Waals surface area contributed by atoms with Crippen LogP contribution in [0.15, 0.2) is 24.3 Å². The van der Waals surface area contributed by atoms with E-state index in [0.717, 1.165) is 12.0 Å². The molecule has 0 aliphatic carbocycles.